The fourth-order valence-electron chi connectivity index (χ4n) is 0.953. The van der Waals surface area contributed by atoms with Crippen molar-refractivity contribution >= 4 is 23.7 Å². The van der Waals surface area contributed by atoms with Crippen LogP contribution in [0.4, 0.5) is 0 Å². The Morgan fingerprint density at radius 3 is 1.27 bits per heavy atom. The summed E-state index contributed by atoms with van der Waals surface area (Å²) in [6.07, 6.45) is 0.310. The van der Waals surface area contributed by atoms with E-state index in [9.17, 15) is 19.2 Å². The number of carbonyl (C=O) groups excluding carboxylic acids is 3. The number of hydrogen-bond acceptors (Lipinski definition) is 9. The summed E-state index contributed by atoms with van der Waals surface area (Å²) in [6, 6.07) is 0. The third-order valence-electron chi connectivity index (χ3n) is 1.83. The molecule has 0 aliphatic carbocycles. The first kappa shape index (κ1) is 31.7. The second-order valence-corrected chi connectivity index (χ2v) is 4.16. The Kier molecular flexibility index (Phi) is 33.9. The molecule has 0 fully saturated rings. The smallest absolute Gasteiger partial charge is 0.306 e. The lowest BCUT2D eigenvalue weighted by Gasteiger charge is -1.97. The predicted octanol–water partition coefficient (Wildman–Crippen LogP) is 0.260. The summed E-state index contributed by atoms with van der Waals surface area (Å²) in [5, 5.41) is 29.9. The van der Waals surface area contributed by atoms with Crippen LogP contribution in [0, 0.1) is 0 Å². The van der Waals surface area contributed by atoms with Crippen LogP contribution in [0.15, 0.2) is 0 Å². The van der Waals surface area contributed by atoms with Crippen molar-refractivity contribution in [2.75, 3.05) is 26.6 Å². The summed E-state index contributed by atoms with van der Waals surface area (Å²) in [7, 11) is 0. The molecule has 0 aromatic heterocycles. The van der Waals surface area contributed by atoms with Crippen LogP contribution in [0.1, 0.15) is 53.4 Å². The molecule has 0 saturated heterocycles. The molecule has 0 aromatic rings. The molecule has 0 atom stereocenters. The number of aliphatic hydroxyl groups excluding tert-OH is 2. The zero-order valence-corrected chi connectivity index (χ0v) is 15.9. The number of Topliss-reactive ketones (excluding diaryl/α,β-unsaturated/α-hetero) is 1. The maximum atomic E-state index is 10.6. The topological polar surface area (TPSA) is 168 Å². The van der Waals surface area contributed by atoms with E-state index in [4.69, 9.17) is 20.4 Å². The van der Waals surface area contributed by atoms with Crippen molar-refractivity contribution in [3.8, 4) is 0 Å². The van der Waals surface area contributed by atoms with Crippen molar-refractivity contribution in [1.29, 1.82) is 0 Å². The zero-order valence-electron chi connectivity index (χ0n) is 15.9. The van der Waals surface area contributed by atoms with Crippen LogP contribution in [0.2, 0.25) is 0 Å². The molecule has 0 heterocycles. The SMILES string of the molecule is CCO.CCOC(=O)CCC(=O)O.CCOC(=O)CCC(C)=O.OCO. The fourth-order valence-corrected chi connectivity index (χ4v) is 0.953. The standard InChI is InChI=1S/C7H12O3.C6H10O4.C2H6O.CH4O2/c1-3-10-7(9)5-4-6(2)8;1-2-10-6(9)4-3-5(7)8;1-2-3;2-1-3/h3-5H2,1-2H3;2-4H2,1H3,(H,7,8);3H,2H2,1H3;2-3H,1H2. The van der Waals surface area contributed by atoms with Gasteiger partial charge in [0, 0.05) is 13.0 Å². The van der Waals surface area contributed by atoms with Crippen molar-refractivity contribution in [2.45, 2.75) is 53.4 Å². The number of aliphatic hydroxyl groups is 3. The fraction of sp³-hybridized carbons (Fsp3) is 0.750. The predicted molar refractivity (Wildman–Crippen MR) is 92.1 cm³/mol. The minimum absolute atomic E-state index is 0.0213. The first-order valence-electron chi connectivity index (χ1n) is 8.01. The van der Waals surface area contributed by atoms with Crippen molar-refractivity contribution in [3.05, 3.63) is 0 Å². The molecule has 26 heavy (non-hydrogen) atoms. The molecule has 10 heteroatoms. The minimum atomic E-state index is -0.979. The Labute approximate surface area is 153 Å². The molecule has 0 spiro atoms. The highest BCUT2D eigenvalue weighted by Crippen LogP contribution is 1.93. The number of ketones is 1. The van der Waals surface area contributed by atoms with Gasteiger partial charge in [-0.1, -0.05) is 0 Å². The first-order valence-corrected chi connectivity index (χ1v) is 8.01. The van der Waals surface area contributed by atoms with E-state index in [0.29, 0.717) is 19.6 Å². The summed E-state index contributed by atoms with van der Waals surface area (Å²) in [6.45, 7) is 6.75. The molecular weight excluding hydrogens is 352 g/mol. The van der Waals surface area contributed by atoms with E-state index in [0.717, 1.165) is 0 Å². The summed E-state index contributed by atoms with van der Waals surface area (Å²) in [5.41, 5.74) is 0. The third kappa shape index (κ3) is 49.5. The van der Waals surface area contributed by atoms with Gasteiger partial charge in [0.1, 0.15) is 12.6 Å². The molecule has 0 aromatic carbocycles. The molecule has 0 rings (SSSR count). The number of hydrogen-bond donors (Lipinski definition) is 4. The molecule has 0 aliphatic rings. The number of rotatable bonds is 8. The molecule has 0 bridgehead atoms. The van der Waals surface area contributed by atoms with E-state index in [1.165, 1.54) is 6.92 Å². The average Bonchev–Trinajstić information content (AvgIpc) is 2.54. The van der Waals surface area contributed by atoms with Crippen LogP contribution in [-0.2, 0) is 28.7 Å². The van der Waals surface area contributed by atoms with Gasteiger partial charge in [0.05, 0.1) is 32.5 Å². The summed E-state index contributed by atoms with van der Waals surface area (Å²) in [5.74, 6) is -1.70. The average molecular weight is 384 g/mol. The van der Waals surface area contributed by atoms with Gasteiger partial charge in [0.25, 0.3) is 0 Å². The molecule has 4 N–H and O–H groups in total. The van der Waals surface area contributed by atoms with Gasteiger partial charge in [-0.05, 0) is 27.7 Å². The van der Waals surface area contributed by atoms with E-state index < -0.39 is 18.7 Å². The number of carboxylic acid groups (broad SMARTS) is 1. The van der Waals surface area contributed by atoms with E-state index in [2.05, 4.69) is 9.47 Å². The summed E-state index contributed by atoms with van der Waals surface area (Å²) < 4.78 is 9.09. The van der Waals surface area contributed by atoms with E-state index in [1.807, 2.05) is 0 Å². The van der Waals surface area contributed by atoms with Crippen LogP contribution < -0.4 is 0 Å². The minimum Gasteiger partial charge on any atom is -0.481 e. The van der Waals surface area contributed by atoms with Crippen LogP contribution in [0.25, 0.3) is 0 Å². The Balaban J connectivity index is -0.000000143. The number of ether oxygens (including phenoxy) is 2. The van der Waals surface area contributed by atoms with E-state index in [-0.39, 0.29) is 37.6 Å². The lowest BCUT2D eigenvalue weighted by atomic mass is 10.2. The largest absolute Gasteiger partial charge is 0.481 e. The van der Waals surface area contributed by atoms with E-state index >= 15 is 0 Å². The van der Waals surface area contributed by atoms with Crippen molar-refractivity contribution in [3.63, 3.8) is 0 Å². The second kappa shape index (κ2) is 27.8. The number of esters is 2. The molecule has 156 valence electrons. The van der Waals surface area contributed by atoms with Crippen molar-refractivity contribution in [2.24, 2.45) is 0 Å². The molecule has 0 unspecified atom stereocenters. The molecular formula is C16H32O10. The van der Waals surface area contributed by atoms with Crippen LogP contribution in [0.3, 0.4) is 0 Å². The maximum absolute atomic E-state index is 10.6. The summed E-state index contributed by atoms with van der Waals surface area (Å²) in [4.78, 5) is 41.3. The maximum Gasteiger partial charge on any atom is 0.306 e. The Hall–Kier alpha value is -2.04. The highest BCUT2D eigenvalue weighted by molar-refractivity contribution is 5.80. The second-order valence-electron chi connectivity index (χ2n) is 4.16. The Morgan fingerprint density at radius 1 is 0.731 bits per heavy atom. The number of aliphatic carboxylic acids is 1. The molecule has 0 radical (unpaired) electrons. The van der Waals surface area contributed by atoms with Gasteiger partial charge in [0.15, 0.2) is 0 Å². The van der Waals surface area contributed by atoms with Gasteiger partial charge in [-0.15, -0.1) is 0 Å². The first-order chi connectivity index (χ1) is 12.2. The molecule has 10 nitrogen and oxygen atoms in total. The van der Waals surface area contributed by atoms with Crippen LogP contribution in [0.5, 0.6) is 0 Å². The van der Waals surface area contributed by atoms with Gasteiger partial charge < -0.3 is 34.7 Å². The lowest BCUT2D eigenvalue weighted by Crippen LogP contribution is -2.06. The summed E-state index contributed by atoms with van der Waals surface area (Å²) >= 11 is 0. The third-order valence-corrected chi connectivity index (χ3v) is 1.83. The van der Waals surface area contributed by atoms with Gasteiger partial charge >= 0.3 is 17.9 Å². The Bertz CT molecular complexity index is 321. The molecule has 0 aliphatic heterocycles. The normalized spacial score (nSPS) is 8.27. The highest BCUT2D eigenvalue weighted by atomic mass is 16.5. The van der Waals surface area contributed by atoms with Crippen molar-refractivity contribution < 1.29 is 49.1 Å². The molecule has 0 saturated carbocycles. The van der Waals surface area contributed by atoms with Gasteiger partial charge in [-0.2, -0.15) is 0 Å². The Morgan fingerprint density at radius 2 is 1.04 bits per heavy atom. The van der Waals surface area contributed by atoms with Gasteiger partial charge in [0.2, 0.25) is 0 Å². The monoisotopic (exact) mass is 384 g/mol. The number of carbonyl (C=O) groups is 4. The van der Waals surface area contributed by atoms with E-state index in [1.54, 1.807) is 20.8 Å². The van der Waals surface area contributed by atoms with Gasteiger partial charge in [-0.3, -0.25) is 14.4 Å². The zero-order chi connectivity index (χ0) is 21.4. The van der Waals surface area contributed by atoms with Crippen molar-refractivity contribution in [1.82, 2.24) is 0 Å². The molecule has 0 amide bonds. The van der Waals surface area contributed by atoms with Crippen LogP contribution >= 0.6 is 0 Å². The quantitative estimate of drug-likeness (QED) is 0.336. The van der Waals surface area contributed by atoms with Crippen LogP contribution in [-0.4, -0.2) is 70.7 Å². The van der Waals surface area contributed by atoms with Gasteiger partial charge in [-0.25, -0.2) is 0 Å². The number of carboxylic acids is 1. The lowest BCUT2D eigenvalue weighted by molar-refractivity contribution is -0.147. The highest BCUT2D eigenvalue weighted by Gasteiger charge is 2.04.